The number of carbonyl (C=O) groups excluding carboxylic acids is 1. The monoisotopic (exact) mass is 367 g/mol. The van der Waals surface area contributed by atoms with E-state index in [9.17, 15) is 4.79 Å². The minimum atomic E-state index is -0.205. The number of rotatable bonds is 4. The lowest BCUT2D eigenvalue weighted by Gasteiger charge is -2.33. The predicted octanol–water partition coefficient (Wildman–Crippen LogP) is 1.92. The van der Waals surface area contributed by atoms with E-state index < -0.39 is 0 Å². The van der Waals surface area contributed by atoms with Gasteiger partial charge in [0.2, 0.25) is 11.9 Å². The lowest BCUT2D eigenvalue weighted by molar-refractivity contribution is -0.138. The Morgan fingerprint density at radius 2 is 2.04 bits per heavy atom. The van der Waals surface area contributed by atoms with E-state index in [4.69, 9.17) is 9.72 Å². The minimum absolute atomic E-state index is 0.0998. The number of ether oxygens (including phenoxy) is 1. The van der Waals surface area contributed by atoms with Crippen LogP contribution in [0.1, 0.15) is 35.9 Å². The lowest BCUT2D eigenvalue weighted by Crippen LogP contribution is -2.43. The van der Waals surface area contributed by atoms with Crippen LogP contribution in [0.5, 0.6) is 0 Å². The summed E-state index contributed by atoms with van der Waals surface area (Å²) in [5.74, 6) is 0.866. The fourth-order valence-corrected chi connectivity index (χ4v) is 3.55. The van der Waals surface area contributed by atoms with Crippen molar-refractivity contribution < 1.29 is 9.53 Å². The SMILES string of the molecule is Cc1ccc(CC(=O)N2CCO[C@@H](c3ccnc(N4CCCC4)n3)C2)cn1. The van der Waals surface area contributed by atoms with Crippen LogP contribution < -0.4 is 4.90 Å². The summed E-state index contributed by atoms with van der Waals surface area (Å²) >= 11 is 0. The Balaban J connectivity index is 1.42. The Kier molecular flexibility index (Phi) is 5.29. The second-order valence-electron chi connectivity index (χ2n) is 7.16. The Morgan fingerprint density at radius 1 is 1.19 bits per heavy atom. The van der Waals surface area contributed by atoms with E-state index in [0.717, 1.165) is 36.0 Å². The summed E-state index contributed by atoms with van der Waals surface area (Å²) in [6.07, 6.45) is 6.09. The Labute approximate surface area is 159 Å². The van der Waals surface area contributed by atoms with Crippen molar-refractivity contribution in [2.75, 3.05) is 37.7 Å². The largest absolute Gasteiger partial charge is 0.368 e. The maximum absolute atomic E-state index is 12.7. The third-order valence-corrected chi connectivity index (χ3v) is 5.13. The Morgan fingerprint density at radius 3 is 2.81 bits per heavy atom. The smallest absolute Gasteiger partial charge is 0.227 e. The van der Waals surface area contributed by atoms with Crippen molar-refractivity contribution in [2.45, 2.75) is 32.3 Å². The molecule has 142 valence electrons. The van der Waals surface area contributed by atoms with Crippen molar-refractivity contribution in [3.05, 3.63) is 47.5 Å². The molecule has 2 aliphatic heterocycles. The van der Waals surface area contributed by atoms with Crippen LogP contribution in [0, 0.1) is 6.92 Å². The number of amides is 1. The first-order valence-corrected chi connectivity index (χ1v) is 9.58. The molecule has 0 saturated carbocycles. The number of hydrogen-bond donors (Lipinski definition) is 0. The van der Waals surface area contributed by atoms with Gasteiger partial charge in [0.1, 0.15) is 6.10 Å². The molecule has 2 aliphatic rings. The van der Waals surface area contributed by atoms with E-state index in [-0.39, 0.29) is 12.0 Å². The van der Waals surface area contributed by atoms with Crippen LogP contribution in [0.15, 0.2) is 30.6 Å². The van der Waals surface area contributed by atoms with Gasteiger partial charge >= 0.3 is 0 Å². The molecule has 2 saturated heterocycles. The van der Waals surface area contributed by atoms with Crippen molar-refractivity contribution in [3.8, 4) is 0 Å². The molecule has 0 N–H and O–H groups in total. The highest BCUT2D eigenvalue weighted by Gasteiger charge is 2.27. The molecule has 2 aromatic rings. The number of hydrogen-bond acceptors (Lipinski definition) is 6. The average Bonchev–Trinajstić information content (AvgIpc) is 3.25. The molecule has 7 heteroatoms. The molecule has 0 unspecified atom stereocenters. The maximum atomic E-state index is 12.7. The minimum Gasteiger partial charge on any atom is -0.368 e. The summed E-state index contributed by atoms with van der Waals surface area (Å²) in [5, 5.41) is 0. The number of carbonyl (C=O) groups is 1. The highest BCUT2D eigenvalue weighted by Crippen LogP contribution is 2.23. The van der Waals surface area contributed by atoms with Crippen molar-refractivity contribution in [2.24, 2.45) is 0 Å². The van der Waals surface area contributed by atoms with Crippen LogP contribution in [0.4, 0.5) is 5.95 Å². The summed E-state index contributed by atoms with van der Waals surface area (Å²) in [6, 6.07) is 5.79. The highest BCUT2D eigenvalue weighted by molar-refractivity contribution is 5.78. The number of nitrogens with zero attached hydrogens (tertiary/aromatic N) is 5. The molecule has 1 amide bonds. The molecule has 0 bridgehead atoms. The van der Waals surface area contributed by atoms with E-state index in [0.29, 0.717) is 26.1 Å². The van der Waals surface area contributed by atoms with Gasteiger partial charge < -0.3 is 14.5 Å². The summed E-state index contributed by atoms with van der Waals surface area (Å²) < 4.78 is 5.91. The topological polar surface area (TPSA) is 71.5 Å². The average molecular weight is 367 g/mol. The zero-order valence-electron chi connectivity index (χ0n) is 15.7. The normalized spacial score (nSPS) is 20.1. The van der Waals surface area contributed by atoms with Crippen LogP contribution in [-0.2, 0) is 16.0 Å². The molecule has 0 aromatic carbocycles. The Bertz CT molecular complexity index is 789. The first kappa shape index (κ1) is 17.9. The third kappa shape index (κ3) is 4.24. The van der Waals surface area contributed by atoms with E-state index in [2.05, 4.69) is 14.9 Å². The molecule has 2 aromatic heterocycles. The van der Waals surface area contributed by atoms with E-state index in [1.807, 2.05) is 30.0 Å². The van der Waals surface area contributed by atoms with Crippen LogP contribution in [0.25, 0.3) is 0 Å². The predicted molar refractivity (Wildman–Crippen MR) is 101 cm³/mol. The van der Waals surface area contributed by atoms with Gasteiger partial charge in [-0.3, -0.25) is 9.78 Å². The molecule has 2 fully saturated rings. The van der Waals surface area contributed by atoms with Gasteiger partial charge in [-0.25, -0.2) is 9.97 Å². The van der Waals surface area contributed by atoms with Crippen LogP contribution in [-0.4, -0.2) is 58.5 Å². The van der Waals surface area contributed by atoms with E-state index >= 15 is 0 Å². The molecule has 27 heavy (non-hydrogen) atoms. The second kappa shape index (κ2) is 8.00. The first-order valence-electron chi connectivity index (χ1n) is 9.58. The summed E-state index contributed by atoms with van der Waals surface area (Å²) in [4.78, 5) is 30.2. The number of aromatic nitrogens is 3. The molecule has 7 nitrogen and oxygen atoms in total. The fraction of sp³-hybridized carbons (Fsp3) is 0.500. The van der Waals surface area contributed by atoms with Crippen molar-refractivity contribution in [1.82, 2.24) is 19.9 Å². The third-order valence-electron chi connectivity index (χ3n) is 5.13. The van der Waals surface area contributed by atoms with Crippen LogP contribution in [0.3, 0.4) is 0 Å². The zero-order chi connectivity index (χ0) is 18.6. The van der Waals surface area contributed by atoms with E-state index in [1.165, 1.54) is 12.8 Å². The van der Waals surface area contributed by atoms with Gasteiger partial charge in [0.15, 0.2) is 0 Å². The van der Waals surface area contributed by atoms with Crippen molar-refractivity contribution in [1.29, 1.82) is 0 Å². The molecule has 0 spiro atoms. The number of anilines is 1. The lowest BCUT2D eigenvalue weighted by atomic mass is 10.1. The van der Waals surface area contributed by atoms with Gasteiger partial charge in [-0.1, -0.05) is 6.07 Å². The zero-order valence-corrected chi connectivity index (χ0v) is 15.7. The van der Waals surface area contributed by atoms with Crippen molar-refractivity contribution >= 4 is 11.9 Å². The molecule has 0 aliphatic carbocycles. The molecule has 4 heterocycles. The first-order chi connectivity index (χ1) is 13.2. The van der Waals surface area contributed by atoms with Crippen LogP contribution >= 0.6 is 0 Å². The summed E-state index contributed by atoms with van der Waals surface area (Å²) in [6.45, 7) is 5.60. The van der Waals surface area contributed by atoms with Gasteiger partial charge in [0, 0.05) is 37.7 Å². The quantitative estimate of drug-likeness (QED) is 0.822. The van der Waals surface area contributed by atoms with Gasteiger partial charge in [-0.2, -0.15) is 0 Å². The van der Waals surface area contributed by atoms with Crippen LogP contribution in [0.2, 0.25) is 0 Å². The summed E-state index contributed by atoms with van der Waals surface area (Å²) in [7, 11) is 0. The fourth-order valence-electron chi connectivity index (χ4n) is 3.55. The molecular weight excluding hydrogens is 342 g/mol. The molecule has 0 radical (unpaired) electrons. The number of morpholine rings is 1. The van der Waals surface area contributed by atoms with Gasteiger partial charge in [-0.15, -0.1) is 0 Å². The number of pyridine rings is 1. The van der Waals surface area contributed by atoms with Crippen molar-refractivity contribution in [3.63, 3.8) is 0 Å². The van der Waals surface area contributed by atoms with Gasteiger partial charge in [0.05, 0.1) is 25.3 Å². The van der Waals surface area contributed by atoms with E-state index in [1.54, 1.807) is 12.4 Å². The molecule has 1 atom stereocenters. The van der Waals surface area contributed by atoms with Gasteiger partial charge in [0.25, 0.3) is 0 Å². The van der Waals surface area contributed by atoms with Gasteiger partial charge in [-0.05, 0) is 37.5 Å². The number of aryl methyl sites for hydroxylation is 1. The Hall–Kier alpha value is -2.54. The molecular formula is C20H25N5O2. The second-order valence-corrected chi connectivity index (χ2v) is 7.16. The maximum Gasteiger partial charge on any atom is 0.227 e. The summed E-state index contributed by atoms with van der Waals surface area (Å²) in [5.41, 5.74) is 2.74. The highest BCUT2D eigenvalue weighted by atomic mass is 16.5. The molecule has 4 rings (SSSR count). The standard InChI is InChI=1S/C20H25N5O2/c1-15-4-5-16(13-22-15)12-19(26)25-10-11-27-18(14-25)17-6-7-21-20(23-17)24-8-2-3-9-24/h4-7,13,18H,2-3,8-12,14H2,1H3/t18-/m1/s1.